The van der Waals surface area contributed by atoms with E-state index < -0.39 is 21.0 Å². The van der Waals surface area contributed by atoms with Crippen molar-refractivity contribution in [2.45, 2.75) is 112 Å². The predicted molar refractivity (Wildman–Crippen MR) is 130 cm³/mol. The molecule has 1 aliphatic heterocycles. The Kier molecular flexibility index (Phi) is 7.96. The van der Waals surface area contributed by atoms with E-state index in [4.69, 9.17) is 0 Å². The van der Waals surface area contributed by atoms with Crippen LogP contribution in [-0.2, 0) is 14.3 Å². The van der Waals surface area contributed by atoms with Crippen molar-refractivity contribution in [3.63, 3.8) is 0 Å². The fourth-order valence-corrected chi connectivity index (χ4v) is 6.13. The quantitative estimate of drug-likeness (QED) is 0.228. The molecule has 0 aromatic rings. The molecule has 0 spiro atoms. The molecule has 190 valence electrons. The van der Waals surface area contributed by atoms with Gasteiger partial charge in [0.1, 0.15) is 5.76 Å². The maximum Gasteiger partial charge on any atom is 0.534 e. The zero-order chi connectivity index (χ0) is 25.5. The average molecular weight is 490 g/mol. The summed E-state index contributed by atoms with van der Waals surface area (Å²) in [6.45, 7) is 18.9. The summed E-state index contributed by atoms with van der Waals surface area (Å²) < 4.78 is 62.1. The minimum absolute atomic E-state index is 0.115. The van der Waals surface area contributed by atoms with Gasteiger partial charge >= 0.3 is 15.6 Å². The van der Waals surface area contributed by atoms with E-state index in [9.17, 15) is 21.6 Å². The minimum atomic E-state index is -5.54. The molecule has 1 fully saturated rings. The summed E-state index contributed by atoms with van der Waals surface area (Å²) >= 11 is 0. The summed E-state index contributed by atoms with van der Waals surface area (Å²) in [4.78, 5) is 0. The number of alkyl halides is 3. The van der Waals surface area contributed by atoms with Crippen LogP contribution in [0, 0.1) is 21.7 Å². The lowest BCUT2D eigenvalue weighted by molar-refractivity contribution is -0.0533. The number of halogens is 3. The number of hydrogen-bond acceptors (Lipinski definition) is 3. The fraction of sp³-hybridized carbons (Fsp3) is 0.840. The summed E-state index contributed by atoms with van der Waals surface area (Å²) in [7, 11) is -5.54. The fourth-order valence-electron chi connectivity index (χ4n) is 5.51. The first-order valence-corrected chi connectivity index (χ1v) is 13.5. The second-order valence-corrected chi connectivity index (χ2v) is 14.2. The molecule has 0 aromatic heterocycles. The molecule has 0 radical (unpaired) electrons. The van der Waals surface area contributed by atoms with Crippen LogP contribution in [0.1, 0.15) is 93.9 Å². The van der Waals surface area contributed by atoms with Crippen molar-refractivity contribution in [3.8, 4) is 0 Å². The van der Waals surface area contributed by atoms with Crippen LogP contribution in [0.25, 0.3) is 0 Å². The molecule has 1 heterocycles. The lowest BCUT2D eigenvalue weighted by Gasteiger charge is -2.35. The molecule has 0 unspecified atom stereocenters. The van der Waals surface area contributed by atoms with Gasteiger partial charge in [-0.25, -0.2) is 0 Å². The average Bonchev–Trinajstić information content (AvgIpc) is 2.83. The Balaban J connectivity index is 0.000000234. The van der Waals surface area contributed by atoms with Crippen molar-refractivity contribution in [3.05, 3.63) is 23.4 Å². The zero-order valence-electron chi connectivity index (χ0n) is 21.7. The summed E-state index contributed by atoms with van der Waals surface area (Å²) in [5, 5.41) is 0. The molecule has 33 heavy (non-hydrogen) atoms. The van der Waals surface area contributed by atoms with Crippen molar-refractivity contribution in [1.29, 1.82) is 0 Å². The first kappa shape index (κ1) is 28.3. The van der Waals surface area contributed by atoms with Crippen LogP contribution in [-0.4, -0.2) is 20.6 Å². The molecule has 0 bridgehead atoms. The lowest BCUT2D eigenvalue weighted by atomic mass is 9.36. The van der Waals surface area contributed by atoms with Crippen LogP contribution >= 0.6 is 0 Å². The van der Waals surface area contributed by atoms with Gasteiger partial charge in [0, 0.05) is 5.41 Å². The smallest absolute Gasteiger partial charge is 0.380 e. The van der Waals surface area contributed by atoms with E-state index in [1.54, 1.807) is 19.3 Å². The Morgan fingerprint density at radius 2 is 1.27 bits per heavy atom. The van der Waals surface area contributed by atoms with Crippen molar-refractivity contribution < 1.29 is 25.8 Å². The van der Waals surface area contributed by atoms with Gasteiger partial charge in [-0.15, -0.1) is 0 Å². The van der Waals surface area contributed by atoms with E-state index in [-0.39, 0.29) is 5.76 Å². The van der Waals surface area contributed by atoms with E-state index in [0.717, 1.165) is 13.1 Å². The van der Waals surface area contributed by atoms with Crippen LogP contribution in [0.15, 0.2) is 23.4 Å². The molecular weight excluding hydrogens is 448 g/mol. The van der Waals surface area contributed by atoms with Gasteiger partial charge in [-0.1, -0.05) is 79.6 Å². The molecule has 0 amide bonds. The Hall–Kier alpha value is -0.915. The van der Waals surface area contributed by atoms with Crippen LogP contribution in [0.4, 0.5) is 13.2 Å². The van der Waals surface area contributed by atoms with E-state index in [0.29, 0.717) is 29.1 Å². The molecule has 0 atom stereocenters. The SMILES string of the molecule is CC1(C)CCCC=C1B1CC(C)(C)C(C)(C)C1.CC1(C)CCCC=C1OS(=O)(=O)C(F)(F)F. The highest BCUT2D eigenvalue weighted by Crippen LogP contribution is 2.56. The molecular formula is C25H42BF3O3S. The molecule has 2 aliphatic carbocycles. The van der Waals surface area contributed by atoms with Gasteiger partial charge < -0.3 is 4.18 Å². The summed E-state index contributed by atoms with van der Waals surface area (Å²) in [6, 6.07) is 0. The molecule has 8 heteroatoms. The van der Waals surface area contributed by atoms with Gasteiger partial charge in [-0.2, -0.15) is 21.6 Å². The van der Waals surface area contributed by atoms with E-state index in [1.165, 1.54) is 38.0 Å². The van der Waals surface area contributed by atoms with Gasteiger partial charge in [0.05, 0.1) is 0 Å². The first-order valence-electron chi connectivity index (χ1n) is 12.1. The highest BCUT2D eigenvalue weighted by Gasteiger charge is 2.51. The van der Waals surface area contributed by atoms with E-state index in [2.05, 4.69) is 51.8 Å². The zero-order valence-corrected chi connectivity index (χ0v) is 22.5. The second-order valence-electron chi connectivity index (χ2n) is 12.6. The normalized spacial score (nSPS) is 26.0. The second kappa shape index (κ2) is 9.27. The van der Waals surface area contributed by atoms with Crippen molar-refractivity contribution in [1.82, 2.24) is 0 Å². The summed E-state index contributed by atoms with van der Waals surface area (Å²) in [5.74, 6) is -0.115. The molecule has 3 nitrogen and oxygen atoms in total. The van der Waals surface area contributed by atoms with Crippen molar-refractivity contribution >= 4 is 16.8 Å². The van der Waals surface area contributed by atoms with Gasteiger partial charge in [0.15, 0.2) is 6.71 Å². The van der Waals surface area contributed by atoms with E-state index in [1.807, 2.05) is 0 Å². The third kappa shape index (κ3) is 6.40. The van der Waals surface area contributed by atoms with Gasteiger partial charge in [0.25, 0.3) is 0 Å². The topological polar surface area (TPSA) is 43.4 Å². The predicted octanol–water partition coefficient (Wildman–Crippen LogP) is 8.17. The van der Waals surface area contributed by atoms with E-state index >= 15 is 0 Å². The largest absolute Gasteiger partial charge is 0.534 e. The van der Waals surface area contributed by atoms with Crippen LogP contribution in [0.5, 0.6) is 0 Å². The van der Waals surface area contributed by atoms with Gasteiger partial charge in [-0.3, -0.25) is 0 Å². The van der Waals surface area contributed by atoms with Crippen molar-refractivity contribution in [2.24, 2.45) is 21.7 Å². The number of hydrogen-bond donors (Lipinski definition) is 0. The maximum absolute atomic E-state index is 12.1. The molecule has 0 saturated carbocycles. The van der Waals surface area contributed by atoms with Crippen LogP contribution < -0.4 is 0 Å². The van der Waals surface area contributed by atoms with Crippen LogP contribution in [0.3, 0.4) is 0 Å². The lowest BCUT2D eigenvalue weighted by Crippen LogP contribution is -2.30. The highest BCUT2D eigenvalue weighted by molar-refractivity contribution is 7.87. The third-order valence-electron chi connectivity index (χ3n) is 8.42. The summed E-state index contributed by atoms with van der Waals surface area (Å²) in [6.07, 6.45) is 12.8. The minimum Gasteiger partial charge on any atom is -0.380 e. The van der Waals surface area contributed by atoms with Crippen LogP contribution in [0.2, 0.25) is 12.6 Å². The Morgan fingerprint density at radius 1 is 0.818 bits per heavy atom. The molecule has 3 aliphatic rings. The molecule has 1 saturated heterocycles. The Morgan fingerprint density at radius 3 is 1.70 bits per heavy atom. The Labute approximate surface area is 199 Å². The van der Waals surface area contributed by atoms with Crippen molar-refractivity contribution in [2.75, 3.05) is 0 Å². The monoisotopic (exact) mass is 490 g/mol. The molecule has 0 aromatic carbocycles. The van der Waals surface area contributed by atoms with Gasteiger partial charge in [0.2, 0.25) is 0 Å². The Bertz CT molecular complexity index is 865. The highest BCUT2D eigenvalue weighted by atomic mass is 32.2. The standard InChI is InChI=1S/C16H29B.C9H13F3O3S/c1-14(2)10-8-7-9-13(14)17-11-15(3,4)16(5,6)12-17;1-8(2)6-4-3-5-7(8)15-16(13,14)9(10,11)12/h9H,7-8,10-12H2,1-6H3;5H,3-4,6H2,1-2H3. The number of allylic oxidation sites excluding steroid dienone is 4. The maximum atomic E-state index is 12.1. The number of rotatable bonds is 3. The van der Waals surface area contributed by atoms with Gasteiger partial charge in [-0.05, 0) is 60.8 Å². The first-order chi connectivity index (χ1) is 14.7. The summed E-state index contributed by atoms with van der Waals surface area (Å²) in [5.41, 5.74) is -2.82. The molecule has 3 rings (SSSR count). The third-order valence-corrected chi connectivity index (χ3v) is 9.39. The molecule has 0 N–H and O–H groups in total.